The second-order valence-corrected chi connectivity index (χ2v) is 5.21. The van der Waals surface area contributed by atoms with Crippen molar-refractivity contribution in [2.45, 2.75) is 0 Å². The molecule has 0 aliphatic carbocycles. The van der Waals surface area contributed by atoms with Gasteiger partial charge in [0.1, 0.15) is 5.15 Å². The first-order chi connectivity index (χ1) is 7.75. The smallest absolute Gasteiger partial charge is 0.137 e. The van der Waals surface area contributed by atoms with Crippen molar-refractivity contribution in [1.82, 2.24) is 4.98 Å². The first-order valence-corrected chi connectivity index (χ1v) is 6.35. The Morgan fingerprint density at radius 1 is 0.938 bits per heavy atom. The third-order valence-electron chi connectivity index (χ3n) is 2.62. The van der Waals surface area contributed by atoms with Crippen LogP contribution in [0.2, 0.25) is 5.15 Å². The molecule has 0 fully saturated rings. The van der Waals surface area contributed by atoms with Gasteiger partial charge in [0.05, 0.1) is 5.52 Å². The zero-order chi connectivity index (χ0) is 11.1. The summed E-state index contributed by atoms with van der Waals surface area (Å²) in [6.45, 7) is 0. The molecule has 3 rings (SSSR count). The monoisotopic (exact) mass is 339 g/mol. The van der Waals surface area contributed by atoms with E-state index in [0.717, 1.165) is 16.3 Å². The third kappa shape index (κ3) is 1.57. The lowest BCUT2D eigenvalue weighted by Crippen LogP contribution is -1.85. The van der Waals surface area contributed by atoms with Crippen molar-refractivity contribution in [3.63, 3.8) is 0 Å². The summed E-state index contributed by atoms with van der Waals surface area (Å²) >= 11 is 8.48. The van der Waals surface area contributed by atoms with Crippen LogP contribution in [0.5, 0.6) is 0 Å². The fraction of sp³-hybridized carbons (Fsp3) is 0. The Hall–Kier alpha value is -0.870. The van der Waals surface area contributed by atoms with Crippen LogP contribution in [0.1, 0.15) is 0 Å². The molecule has 0 N–H and O–H groups in total. The maximum Gasteiger partial charge on any atom is 0.137 e. The van der Waals surface area contributed by atoms with Gasteiger partial charge in [-0.3, -0.25) is 0 Å². The molecule has 1 nitrogen and oxygen atoms in total. The summed E-state index contributed by atoms with van der Waals surface area (Å²) in [7, 11) is 0. The number of nitrogens with zero attached hydrogens (tertiary/aromatic N) is 1. The van der Waals surface area contributed by atoms with E-state index in [1.807, 2.05) is 30.3 Å². The number of hydrogen-bond acceptors (Lipinski definition) is 1. The Morgan fingerprint density at radius 2 is 1.75 bits per heavy atom. The lowest BCUT2D eigenvalue weighted by atomic mass is 10.1. The van der Waals surface area contributed by atoms with Gasteiger partial charge in [0.2, 0.25) is 0 Å². The number of halogens is 2. The van der Waals surface area contributed by atoms with Gasteiger partial charge in [-0.05, 0) is 46.2 Å². The lowest BCUT2D eigenvalue weighted by Gasteiger charge is -2.05. The quantitative estimate of drug-likeness (QED) is 0.330. The average molecular weight is 340 g/mol. The lowest BCUT2D eigenvalue weighted by molar-refractivity contribution is 1.44. The van der Waals surface area contributed by atoms with Gasteiger partial charge < -0.3 is 0 Å². The highest BCUT2D eigenvalue weighted by molar-refractivity contribution is 14.1. The zero-order valence-corrected chi connectivity index (χ0v) is 11.2. The van der Waals surface area contributed by atoms with Crippen LogP contribution in [0, 0.1) is 3.57 Å². The Balaban J connectivity index is 2.61. The van der Waals surface area contributed by atoms with E-state index in [4.69, 9.17) is 11.6 Å². The van der Waals surface area contributed by atoms with Crippen LogP contribution in [0.25, 0.3) is 21.7 Å². The van der Waals surface area contributed by atoms with Gasteiger partial charge in [0, 0.05) is 14.3 Å². The molecule has 0 aliphatic heterocycles. The number of fused-ring (bicyclic) bond motifs is 3. The fourth-order valence-corrected chi connectivity index (χ4v) is 2.63. The van der Waals surface area contributed by atoms with Crippen LogP contribution in [-0.2, 0) is 0 Å². The minimum absolute atomic E-state index is 0.574. The molecule has 1 heterocycles. The standard InChI is InChI=1S/C13H7ClIN/c14-13-10-6-5-8(15)7-11(10)9-3-1-2-4-12(9)16-13/h1-7H. The molecular formula is C13H7ClIN. The highest BCUT2D eigenvalue weighted by atomic mass is 127. The van der Waals surface area contributed by atoms with Gasteiger partial charge in [0.25, 0.3) is 0 Å². The summed E-state index contributed by atoms with van der Waals surface area (Å²) in [6, 6.07) is 14.3. The van der Waals surface area contributed by atoms with Gasteiger partial charge in [-0.1, -0.05) is 35.9 Å². The minimum atomic E-state index is 0.574. The van der Waals surface area contributed by atoms with Crippen molar-refractivity contribution in [2.75, 3.05) is 0 Å². The van der Waals surface area contributed by atoms with E-state index in [0.29, 0.717) is 5.15 Å². The van der Waals surface area contributed by atoms with Crippen molar-refractivity contribution in [3.8, 4) is 0 Å². The van der Waals surface area contributed by atoms with E-state index in [9.17, 15) is 0 Å². The van der Waals surface area contributed by atoms with Crippen molar-refractivity contribution in [2.24, 2.45) is 0 Å². The molecule has 0 aliphatic rings. The summed E-state index contributed by atoms with van der Waals surface area (Å²) in [4.78, 5) is 4.40. The molecule has 0 spiro atoms. The van der Waals surface area contributed by atoms with E-state index < -0.39 is 0 Å². The fourth-order valence-electron chi connectivity index (χ4n) is 1.88. The molecule has 0 atom stereocenters. The van der Waals surface area contributed by atoms with Gasteiger partial charge >= 0.3 is 0 Å². The van der Waals surface area contributed by atoms with Crippen LogP contribution < -0.4 is 0 Å². The van der Waals surface area contributed by atoms with Crippen LogP contribution >= 0.6 is 34.2 Å². The Kier molecular flexibility index (Phi) is 2.48. The SMILES string of the molecule is Clc1nc2ccccc2c2cc(I)ccc12. The van der Waals surface area contributed by atoms with Gasteiger partial charge in [-0.15, -0.1) is 0 Å². The molecule has 3 aromatic rings. The van der Waals surface area contributed by atoms with E-state index in [1.54, 1.807) is 0 Å². The Bertz CT molecular complexity index is 694. The van der Waals surface area contributed by atoms with E-state index in [-0.39, 0.29) is 0 Å². The molecule has 16 heavy (non-hydrogen) atoms. The highest BCUT2D eigenvalue weighted by Crippen LogP contribution is 2.29. The maximum absolute atomic E-state index is 6.17. The second kappa shape index (κ2) is 3.86. The van der Waals surface area contributed by atoms with Gasteiger partial charge in [0.15, 0.2) is 0 Å². The van der Waals surface area contributed by atoms with Crippen molar-refractivity contribution in [1.29, 1.82) is 0 Å². The molecule has 0 bridgehead atoms. The third-order valence-corrected chi connectivity index (χ3v) is 3.58. The largest absolute Gasteiger partial charge is 0.235 e. The van der Waals surface area contributed by atoms with Gasteiger partial charge in [-0.25, -0.2) is 4.98 Å². The number of benzene rings is 2. The van der Waals surface area contributed by atoms with Gasteiger partial charge in [-0.2, -0.15) is 0 Å². The average Bonchev–Trinajstić information content (AvgIpc) is 2.29. The molecule has 0 saturated carbocycles. The maximum atomic E-state index is 6.17. The van der Waals surface area contributed by atoms with E-state index >= 15 is 0 Å². The molecule has 0 amide bonds. The summed E-state index contributed by atoms with van der Waals surface area (Å²) in [6.07, 6.45) is 0. The zero-order valence-electron chi connectivity index (χ0n) is 8.24. The minimum Gasteiger partial charge on any atom is -0.235 e. The number of rotatable bonds is 0. The molecule has 0 unspecified atom stereocenters. The normalized spacial score (nSPS) is 11.1. The molecule has 2 aromatic carbocycles. The first kappa shape index (κ1) is 10.3. The second-order valence-electron chi connectivity index (χ2n) is 3.61. The highest BCUT2D eigenvalue weighted by Gasteiger charge is 2.06. The molecular weight excluding hydrogens is 333 g/mol. The number of pyridine rings is 1. The van der Waals surface area contributed by atoms with Crippen molar-refractivity contribution < 1.29 is 0 Å². The molecule has 3 heteroatoms. The predicted molar refractivity (Wildman–Crippen MR) is 77.0 cm³/mol. The van der Waals surface area contributed by atoms with Crippen molar-refractivity contribution >= 4 is 55.9 Å². The summed E-state index contributed by atoms with van der Waals surface area (Å²) in [5, 5.41) is 3.91. The Labute approximate surface area is 112 Å². The molecule has 1 aromatic heterocycles. The predicted octanol–water partition coefficient (Wildman–Crippen LogP) is 4.65. The Morgan fingerprint density at radius 3 is 2.62 bits per heavy atom. The van der Waals surface area contributed by atoms with E-state index in [2.05, 4.69) is 39.7 Å². The summed E-state index contributed by atoms with van der Waals surface area (Å²) in [5.41, 5.74) is 0.946. The first-order valence-electron chi connectivity index (χ1n) is 4.89. The van der Waals surface area contributed by atoms with Crippen LogP contribution in [-0.4, -0.2) is 4.98 Å². The number of hydrogen-bond donors (Lipinski definition) is 0. The van der Waals surface area contributed by atoms with Crippen molar-refractivity contribution in [3.05, 3.63) is 51.2 Å². The van der Waals surface area contributed by atoms with Crippen LogP contribution in [0.4, 0.5) is 0 Å². The summed E-state index contributed by atoms with van der Waals surface area (Å²) in [5.74, 6) is 0. The topological polar surface area (TPSA) is 12.9 Å². The number of aromatic nitrogens is 1. The van der Waals surface area contributed by atoms with Crippen LogP contribution in [0.15, 0.2) is 42.5 Å². The summed E-state index contributed by atoms with van der Waals surface area (Å²) < 4.78 is 1.21. The molecule has 0 radical (unpaired) electrons. The van der Waals surface area contributed by atoms with E-state index in [1.165, 1.54) is 8.96 Å². The number of para-hydroxylation sites is 1. The van der Waals surface area contributed by atoms with Crippen LogP contribution in [0.3, 0.4) is 0 Å². The molecule has 0 saturated heterocycles. The molecule has 78 valence electrons.